The van der Waals surface area contributed by atoms with E-state index in [1.165, 1.54) is 102 Å². The second-order valence-electron chi connectivity index (χ2n) is 40.3. The van der Waals surface area contributed by atoms with Gasteiger partial charge in [-0.2, -0.15) is 0 Å². The highest BCUT2D eigenvalue weighted by Crippen LogP contribution is 2.41. The minimum absolute atomic E-state index is 0.400. The van der Waals surface area contributed by atoms with Crippen LogP contribution in [0, 0.1) is 0 Å². The molecule has 6 atom stereocenters. The van der Waals surface area contributed by atoms with E-state index in [9.17, 15) is 0 Å². The number of aromatic nitrogens is 6. The molecule has 12 fully saturated rings. The predicted octanol–water partition coefficient (Wildman–Crippen LogP) is 15.0. The highest BCUT2D eigenvalue weighted by Gasteiger charge is 2.39. The molecule has 24 nitrogen and oxygen atoms in total. The summed E-state index contributed by atoms with van der Waals surface area (Å²) in [5, 5.41) is 0. The second kappa shape index (κ2) is 46.2. The molecule has 18 rings (SSSR count). The normalized spacial score (nSPS) is 23.4. The van der Waals surface area contributed by atoms with Crippen LogP contribution in [0.3, 0.4) is 0 Å². The molecule has 0 saturated carbocycles. The zero-order valence-corrected chi connectivity index (χ0v) is 81.0. The average molecular weight is 1740 g/mol. The molecule has 0 bridgehead atoms. The van der Waals surface area contributed by atoms with Crippen molar-refractivity contribution >= 4 is 17.5 Å². The third-order valence-corrected chi connectivity index (χ3v) is 28.2. The van der Waals surface area contributed by atoms with Gasteiger partial charge in [0.1, 0.15) is 17.5 Å². The van der Waals surface area contributed by atoms with Crippen molar-refractivity contribution in [2.45, 2.75) is 249 Å². The molecule has 0 N–H and O–H groups in total. The van der Waals surface area contributed by atoms with Crippen molar-refractivity contribution < 1.29 is 42.6 Å². The third-order valence-electron chi connectivity index (χ3n) is 28.2. The molecule has 12 saturated heterocycles. The van der Waals surface area contributed by atoms with E-state index in [4.69, 9.17) is 72.5 Å². The largest absolute Gasteiger partial charge is 0.381 e. The molecular weight excluding hydrogens is 1580 g/mol. The van der Waals surface area contributed by atoms with Gasteiger partial charge in [-0.25, -0.2) is 15.0 Å². The Bertz CT molecular complexity index is 3870. The van der Waals surface area contributed by atoms with Crippen LogP contribution in [0.25, 0.3) is 0 Å². The topological polar surface area (TPSA) is 190 Å². The van der Waals surface area contributed by atoms with Crippen molar-refractivity contribution in [1.82, 2.24) is 59.3 Å². The van der Waals surface area contributed by atoms with Gasteiger partial charge in [0.25, 0.3) is 0 Å². The molecule has 6 aromatic heterocycles. The Balaban J connectivity index is 0.000000130. The Morgan fingerprint density at radius 2 is 0.468 bits per heavy atom. The van der Waals surface area contributed by atoms with Crippen LogP contribution in [0.2, 0.25) is 0 Å². The van der Waals surface area contributed by atoms with Gasteiger partial charge in [-0.1, -0.05) is 119 Å². The van der Waals surface area contributed by atoms with E-state index >= 15 is 0 Å². The van der Waals surface area contributed by atoms with Crippen LogP contribution in [0.15, 0.2) is 72.8 Å². The van der Waals surface area contributed by atoms with Crippen LogP contribution in [0.4, 0.5) is 17.5 Å². The fourth-order valence-corrected chi connectivity index (χ4v) is 18.7. The molecule has 0 aromatic carbocycles. The summed E-state index contributed by atoms with van der Waals surface area (Å²) < 4.78 is 49.5. The first-order valence-electron chi connectivity index (χ1n) is 48.2. The molecule has 18 heterocycles. The van der Waals surface area contributed by atoms with E-state index in [-0.39, 0.29) is 0 Å². The van der Waals surface area contributed by atoms with Crippen molar-refractivity contribution in [3.05, 3.63) is 157 Å². The minimum atomic E-state index is 0.400. The molecule has 2 unspecified atom stereocenters. The van der Waals surface area contributed by atoms with Gasteiger partial charge in [0.2, 0.25) is 0 Å². The molecule has 0 aliphatic carbocycles. The first-order valence-corrected chi connectivity index (χ1v) is 48.2. The average Bonchev–Trinajstić information content (AvgIpc) is 1.00. The maximum Gasteiger partial charge on any atom is 0.132 e. The van der Waals surface area contributed by atoms with Gasteiger partial charge in [0.05, 0.1) is 75.0 Å². The van der Waals surface area contributed by atoms with Gasteiger partial charge >= 0.3 is 0 Å². The summed E-state index contributed by atoms with van der Waals surface area (Å²) in [4.78, 5) is 51.3. The molecule has 0 radical (unpaired) electrons. The summed E-state index contributed by atoms with van der Waals surface area (Å²) in [5.41, 5.74) is 19.2. The molecule has 0 spiro atoms. The lowest BCUT2D eigenvalue weighted by molar-refractivity contribution is -0.0341. The fourth-order valence-electron chi connectivity index (χ4n) is 18.7. The summed E-state index contributed by atoms with van der Waals surface area (Å²) in [7, 11) is 18.3. The van der Waals surface area contributed by atoms with E-state index in [1.54, 1.807) is 21.3 Å². The first kappa shape index (κ1) is 97.2. The number of likely N-dealkylation sites (tertiary alicyclic amines) is 3. The Kier molecular flexibility index (Phi) is 35.6. The van der Waals surface area contributed by atoms with Crippen molar-refractivity contribution in [1.29, 1.82) is 0 Å². The Morgan fingerprint density at radius 1 is 0.278 bits per heavy atom. The Morgan fingerprint density at radius 3 is 0.643 bits per heavy atom. The lowest BCUT2D eigenvalue weighted by atomic mass is 9.94. The van der Waals surface area contributed by atoms with E-state index < -0.39 is 0 Å². The summed E-state index contributed by atoms with van der Waals surface area (Å²) in [6.07, 6.45) is 7.94. The van der Waals surface area contributed by atoms with Gasteiger partial charge < -0.3 is 72.0 Å². The maximum absolute atomic E-state index is 5.58. The zero-order chi connectivity index (χ0) is 89.4. The van der Waals surface area contributed by atoms with Crippen LogP contribution in [0.5, 0.6) is 0 Å². The van der Waals surface area contributed by atoms with Crippen molar-refractivity contribution in [3.8, 4) is 0 Å². The molecule has 12 aliphatic heterocycles. The van der Waals surface area contributed by atoms with Crippen LogP contribution in [-0.2, 0) is 62.3 Å². The number of likely N-dealkylation sites (N-methyl/N-ethyl adjacent to an activating group) is 3. The summed E-state index contributed by atoms with van der Waals surface area (Å²) >= 11 is 0. The standard InChI is InChI=1S/3C17H27N3O.3C17H26N2O2/c3*1-12(2)16-6-5-15(13-7-8-21-11-13)17(18-16)20-9-14(10-20)19(3)4;3*1-12(2)16-5-4-15(13-6-7-21-11-13)17(18-16)10-19-8-14(9-19)20-3/h3*5-6,12-14H,7-11H2,1-4H3;3*4-5,12-14H,6-11H2,1-3H3/t2*13-;;2*13-;/m10.10./s1. The van der Waals surface area contributed by atoms with E-state index in [2.05, 4.69) is 242 Å². The SMILES string of the molecule is CC(C)c1ccc(C2CCOC2)c(N2CC(N(C)C)C2)n1.CC(C)c1ccc([C@@H]2CCOC2)c(N2CC(N(C)C)C2)n1.CC(C)c1ccc([C@H]2CCOC2)c(N2CC(N(C)C)C2)n1.COC1CN(Cc2nc(C(C)C)ccc2C2CCOC2)C1.COC1CN(Cc2nc(C(C)C)ccc2[C@@H]2CCOC2)C1.COC1CN(Cc2nc(C(C)C)ccc2[C@H]2CCOC2)C1. The molecule has 6 aromatic rings. The number of pyridine rings is 6. The molecular formula is C102H159N15O9. The van der Waals surface area contributed by atoms with E-state index in [0.717, 1.165) is 216 Å². The molecule has 0 amide bonds. The van der Waals surface area contributed by atoms with E-state index in [1.807, 2.05) is 0 Å². The van der Waals surface area contributed by atoms with E-state index in [0.29, 0.717) is 107 Å². The van der Waals surface area contributed by atoms with Crippen molar-refractivity contribution in [2.75, 3.05) is 236 Å². The van der Waals surface area contributed by atoms with Crippen molar-refractivity contribution in [2.24, 2.45) is 0 Å². The van der Waals surface area contributed by atoms with Gasteiger partial charge in [-0.05, 0) is 169 Å². The molecule has 12 aliphatic rings. The Labute approximate surface area is 757 Å². The molecule has 24 heteroatoms. The fraction of sp³-hybridized carbons (Fsp3) is 0.706. The third kappa shape index (κ3) is 25.3. The summed E-state index contributed by atoms with van der Waals surface area (Å²) in [5.74, 6) is 9.58. The van der Waals surface area contributed by atoms with Crippen LogP contribution in [0.1, 0.15) is 277 Å². The van der Waals surface area contributed by atoms with Crippen molar-refractivity contribution in [3.63, 3.8) is 0 Å². The molecule has 696 valence electrons. The van der Waals surface area contributed by atoms with Gasteiger partial charge in [-0.15, -0.1) is 0 Å². The highest BCUT2D eigenvalue weighted by atomic mass is 16.5. The van der Waals surface area contributed by atoms with Crippen LogP contribution in [-0.4, -0.2) is 317 Å². The zero-order valence-electron chi connectivity index (χ0n) is 81.0. The van der Waals surface area contributed by atoms with Gasteiger partial charge in [-0.3, -0.25) is 29.7 Å². The Hall–Kier alpha value is -6.30. The minimum Gasteiger partial charge on any atom is -0.381 e. The number of anilines is 3. The number of methoxy groups -OCH3 is 3. The first-order chi connectivity index (χ1) is 60.7. The summed E-state index contributed by atoms with van der Waals surface area (Å²) in [6, 6.07) is 28.9. The maximum atomic E-state index is 5.58. The number of rotatable bonds is 27. The summed E-state index contributed by atoms with van der Waals surface area (Å²) in [6.45, 7) is 52.3. The predicted molar refractivity (Wildman–Crippen MR) is 506 cm³/mol. The lowest BCUT2D eigenvalue weighted by Crippen LogP contribution is -2.58. The lowest BCUT2D eigenvalue weighted by Gasteiger charge is -2.44. The van der Waals surface area contributed by atoms with Gasteiger partial charge in [0, 0.05) is 264 Å². The van der Waals surface area contributed by atoms with Gasteiger partial charge in [0.15, 0.2) is 0 Å². The quantitative estimate of drug-likeness (QED) is 0.0473. The monoisotopic (exact) mass is 1740 g/mol. The second-order valence-corrected chi connectivity index (χ2v) is 40.3. The smallest absolute Gasteiger partial charge is 0.132 e. The number of nitrogens with zero attached hydrogens (tertiary/aromatic N) is 15. The number of hydrogen-bond acceptors (Lipinski definition) is 24. The molecule has 126 heavy (non-hydrogen) atoms. The van der Waals surface area contributed by atoms with Crippen LogP contribution >= 0.6 is 0 Å². The number of ether oxygens (including phenoxy) is 9. The highest BCUT2D eigenvalue weighted by molar-refractivity contribution is 5.56. The van der Waals surface area contributed by atoms with Crippen LogP contribution < -0.4 is 14.7 Å². The number of hydrogen-bond donors (Lipinski definition) is 0.